The van der Waals surface area contributed by atoms with Crippen molar-refractivity contribution in [2.45, 2.75) is 13.3 Å². The van der Waals surface area contributed by atoms with Gasteiger partial charge >= 0.3 is 0 Å². The smallest absolute Gasteiger partial charge is 0.0493 e. The van der Waals surface area contributed by atoms with Crippen molar-refractivity contribution in [2.24, 2.45) is 0 Å². The molecule has 82 valence electrons. The maximum Gasteiger partial charge on any atom is 0.0493 e. The highest BCUT2D eigenvalue weighted by atomic mass is 35.5. The maximum absolute atomic E-state index is 6.01. The van der Waals surface area contributed by atoms with E-state index in [1.165, 1.54) is 0 Å². The Morgan fingerprint density at radius 3 is 2.80 bits per heavy atom. The molecule has 1 N–H and O–H groups in total. The van der Waals surface area contributed by atoms with Crippen molar-refractivity contribution in [1.29, 1.82) is 0 Å². The van der Waals surface area contributed by atoms with Gasteiger partial charge in [0.2, 0.25) is 0 Å². The fraction of sp³-hybridized carbons (Fsp3) is 0.333. The first-order valence-electron chi connectivity index (χ1n) is 5.06. The highest BCUT2D eigenvalue weighted by Gasteiger charge is 1.96. The van der Waals surface area contributed by atoms with Crippen LogP contribution in [0.5, 0.6) is 0 Å². The molecule has 0 aliphatic rings. The Balaban J connectivity index is 2.49. The Morgan fingerprint density at radius 1 is 1.33 bits per heavy atom. The fourth-order valence-corrected chi connectivity index (χ4v) is 1.66. The summed E-state index contributed by atoms with van der Waals surface area (Å²) in [4.78, 5) is 0. The molecule has 0 atom stereocenters. The lowest BCUT2D eigenvalue weighted by molar-refractivity contribution is 0.730. The van der Waals surface area contributed by atoms with Gasteiger partial charge in [0.05, 0.1) is 0 Å². The summed E-state index contributed by atoms with van der Waals surface area (Å²) in [5.74, 6) is 0. The quantitative estimate of drug-likeness (QED) is 0.772. The van der Waals surface area contributed by atoms with Crippen LogP contribution in [0.15, 0.2) is 24.3 Å². The molecule has 3 heteroatoms. The van der Waals surface area contributed by atoms with E-state index in [4.69, 9.17) is 23.2 Å². The summed E-state index contributed by atoms with van der Waals surface area (Å²) in [6.07, 6.45) is 5.21. The minimum atomic E-state index is 0.668. The Morgan fingerprint density at radius 2 is 2.13 bits per heavy atom. The Hall–Kier alpha value is -0.500. The Kier molecular flexibility index (Phi) is 5.77. The Bertz CT molecular complexity index is 334. The summed E-state index contributed by atoms with van der Waals surface area (Å²) in [7, 11) is 0. The zero-order chi connectivity index (χ0) is 11.1. The monoisotopic (exact) mass is 243 g/mol. The number of hydrogen-bond donors (Lipinski definition) is 1. The van der Waals surface area contributed by atoms with Gasteiger partial charge in [-0.05, 0) is 30.7 Å². The summed E-state index contributed by atoms with van der Waals surface area (Å²) in [6.45, 7) is 4.05. The molecule has 0 aromatic heterocycles. The average molecular weight is 244 g/mol. The third kappa shape index (κ3) is 4.70. The molecular weight excluding hydrogens is 229 g/mol. The molecule has 1 aromatic rings. The lowest BCUT2D eigenvalue weighted by Crippen LogP contribution is -2.13. The minimum absolute atomic E-state index is 0.668. The molecule has 0 fully saturated rings. The molecule has 0 amide bonds. The van der Waals surface area contributed by atoms with Crippen LogP contribution in [-0.2, 0) is 0 Å². The molecule has 0 aliphatic carbocycles. The third-order valence-electron chi connectivity index (χ3n) is 1.95. The highest BCUT2D eigenvalue weighted by molar-refractivity contribution is 6.35. The van der Waals surface area contributed by atoms with Crippen LogP contribution in [0.2, 0.25) is 10.0 Å². The molecule has 0 heterocycles. The lowest BCUT2D eigenvalue weighted by Gasteiger charge is -1.99. The fourth-order valence-electron chi connectivity index (χ4n) is 1.18. The topological polar surface area (TPSA) is 12.0 Å². The standard InChI is InChI=1S/C12H15Cl2N/c1-2-7-15-8-3-4-10-5-6-11(13)9-12(10)14/h3-6,9,15H,2,7-8H2,1H3. The number of hydrogen-bond acceptors (Lipinski definition) is 1. The van der Waals surface area contributed by atoms with Crippen molar-refractivity contribution in [3.8, 4) is 0 Å². The molecule has 1 rings (SSSR count). The molecule has 1 aromatic carbocycles. The number of benzene rings is 1. The van der Waals surface area contributed by atoms with Crippen LogP contribution in [0.25, 0.3) is 6.08 Å². The SMILES string of the molecule is CCCNCC=Cc1ccc(Cl)cc1Cl. The largest absolute Gasteiger partial charge is 0.313 e. The summed E-state index contributed by atoms with van der Waals surface area (Å²) < 4.78 is 0. The van der Waals surface area contributed by atoms with Gasteiger partial charge in [-0.25, -0.2) is 0 Å². The van der Waals surface area contributed by atoms with E-state index >= 15 is 0 Å². The van der Waals surface area contributed by atoms with Gasteiger partial charge in [0.1, 0.15) is 0 Å². The normalized spacial score (nSPS) is 11.1. The van der Waals surface area contributed by atoms with Crippen LogP contribution in [0.3, 0.4) is 0 Å². The van der Waals surface area contributed by atoms with Gasteiger partial charge in [-0.3, -0.25) is 0 Å². The molecule has 0 aliphatic heterocycles. The molecular formula is C12H15Cl2N. The molecule has 1 nitrogen and oxygen atoms in total. The second-order valence-electron chi connectivity index (χ2n) is 3.27. The molecule has 15 heavy (non-hydrogen) atoms. The van der Waals surface area contributed by atoms with Crippen molar-refractivity contribution in [1.82, 2.24) is 5.32 Å². The van der Waals surface area contributed by atoms with E-state index in [9.17, 15) is 0 Å². The lowest BCUT2D eigenvalue weighted by atomic mass is 10.2. The van der Waals surface area contributed by atoms with E-state index in [1.54, 1.807) is 6.07 Å². The van der Waals surface area contributed by atoms with Gasteiger partial charge < -0.3 is 5.32 Å². The zero-order valence-electron chi connectivity index (χ0n) is 8.76. The average Bonchev–Trinajstić information content (AvgIpc) is 2.20. The van der Waals surface area contributed by atoms with E-state index in [-0.39, 0.29) is 0 Å². The van der Waals surface area contributed by atoms with E-state index in [0.29, 0.717) is 10.0 Å². The molecule has 0 bridgehead atoms. The highest BCUT2D eigenvalue weighted by Crippen LogP contribution is 2.21. The molecule has 0 saturated carbocycles. The summed E-state index contributed by atoms with van der Waals surface area (Å²) in [5, 5.41) is 4.64. The van der Waals surface area contributed by atoms with E-state index in [1.807, 2.05) is 18.2 Å². The molecule has 0 saturated heterocycles. The van der Waals surface area contributed by atoms with E-state index in [0.717, 1.165) is 25.1 Å². The second-order valence-corrected chi connectivity index (χ2v) is 4.12. The van der Waals surface area contributed by atoms with Crippen molar-refractivity contribution in [3.05, 3.63) is 39.9 Å². The molecule has 0 unspecified atom stereocenters. The first kappa shape index (κ1) is 12.6. The third-order valence-corrected chi connectivity index (χ3v) is 2.51. The van der Waals surface area contributed by atoms with Crippen LogP contribution in [-0.4, -0.2) is 13.1 Å². The molecule has 0 radical (unpaired) electrons. The van der Waals surface area contributed by atoms with Gasteiger partial charge in [0, 0.05) is 16.6 Å². The van der Waals surface area contributed by atoms with Crippen molar-refractivity contribution in [2.75, 3.05) is 13.1 Å². The van der Waals surface area contributed by atoms with Crippen LogP contribution >= 0.6 is 23.2 Å². The minimum Gasteiger partial charge on any atom is -0.313 e. The van der Waals surface area contributed by atoms with Gasteiger partial charge in [-0.2, -0.15) is 0 Å². The van der Waals surface area contributed by atoms with Gasteiger partial charge in [0.25, 0.3) is 0 Å². The van der Waals surface area contributed by atoms with E-state index in [2.05, 4.69) is 18.3 Å². The van der Waals surface area contributed by atoms with Crippen LogP contribution in [0.4, 0.5) is 0 Å². The van der Waals surface area contributed by atoms with Gasteiger partial charge in [-0.1, -0.05) is 48.3 Å². The zero-order valence-corrected chi connectivity index (χ0v) is 10.3. The maximum atomic E-state index is 6.01. The predicted molar refractivity (Wildman–Crippen MR) is 68.7 cm³/mol. The van der Waals surface area contributed by atoms with E-state index < -0.39 is 0 Å². The summed E-state index contributed by atoms with van der Waals surface area (Å²) in [5.41, 5.74) is 0.999. The Labute approximate surface area is 101 Å². The first-order valence-corrected chi connectivity index (χ1v) is 5.82. The second kappa shape index (κ2) is 6.89. The van der Waals surface area contributed by atoms with Crippen LogP contribution in [0.1, 0.15) is 18.9 Å². The van der Waals surface area contributed by atoms with Gasteiger partial charge in [0.15, 0.2) is 0 Å². The van der Waals surface area contributed by atoms with Crippen LogP contribution < -0.4 is 5.32 Å². The predicted octanol–water partition coefficient (Wildman–Crippen LogP) is 4.01. The number of nitrogens with one attached hydrogen (secondary N) is 1. The summed E-state index contributed by atoms with van der Waals surface area (Å²) in [6, 6.07) is 5.51. The van der Waals surface area contributed by atoms with Gasteiger partial charge in [-0.15, -0.1) is 0 Å². The van der Waals surface area contributed by atoms with Crippen LogP contribution in [0, 0.1) is 0 Å². The van der Waals surface area contributed by atoms with Crippen molar-refractivity contribution >= 4 is 29.3 Å². The molecule has 0 spiro atoms. The summed E-state index contributed by atoms with van der Waals surface area (Å²) >= 11 is 11.8. The number of halogens is 2. The van der Waals surface area contributed by atoms with Crippen molar-refractivity contribution in [3.63, 3.8) is 0 Å². The first-order chi connectivity index (χ1) is 7.24. The van der Waals surface area contributed by atoms with Crippen molar-refractivity contribution < 1.29 is 0 Å². The number of rotatable bonds is 5.